The summed E-state index contributed by atoms with van der Waals surface area (Å²) in [5, 5.41) is 9.88. The highest BCUT2D eigenvalue weighted by atomic mass is 32.1. The highest BCUT2D eigenvalue weighted by molar-refractivity contribution is 7.13. The van der Waals surface area contributed by atoms with Crippen molar-refractivity contribution in [3.05, 3.63) is 11.1 Å². The molecule has 0 aliphatic heterocycles. The first-order valence-electron chi connectivity index (χ1n) is 7.80. The lowest BCUT2D eigenvalue weighted by atomic mass is 9.89. The van der Waals surface area contributed by atoms with Gasteiger partial charge in [0, 0.05) is 32.6 Å². The van der Waals surface area contributed by atoms with E-state index < -0.39 is 0 Å². The number of anilines is 1. The van der Waals surface area contributed by atoms with Gasteiger partial charge in [-0.1, -0.05) is 20.8 Å². The molecule has 126 valence electrons. The van der Waals surface area contributed by atoms with E-state index in [1.165, 1.54) is 6.42 Å². The third-order valence-corrected chi connectivity index (χ3v) is 4.35. The number of aliphatic imine (C=N–C) groups is 1. The summed E-state index contributed by atoms with van der Waals surface area (Å²) in [7, 11) is 5.82. The quantitative estimate of drug-likeness (QED) is 0.623. The largest absolute Gasteiger partial charge is 0.354 e. The molecule has 0 radical (unpaired) electrons. The molecule has 2 N–H and O–H groups in total. The molecule has 0 spiro atoms. The molecule has 1 rings (SSSR count). The summed E-state index contributed by atoms with van der Waals surface area (Å²) in [6.07, 6.45) is 2.32. The third-order valence-electron chi connectivity index (χ3n) is 3.29. The second-order valence-electron chi connectivity index (χ2n) is 7.09. The predicted octanol–water partition coefficient (Wildman–Crippen LogP) is 3.09. The van der Waals surface area contributed by atoms with Crippen molar-refractivity contribution < 1.29 is 0 Å². The fraction of sp³-hybridized carbons (Fsp3) is 0.750. The first-order chi connectivity index (χ1) is 10.2. The van der Waals surface area contributed by atoms with Gasteiger partial charge in [0.25, 0.3) is 0 Å². The number of aromatic nitrogens is 1. The van der Waals surface area contributed by atoms with Gasteiger partial charge in [0.15, 0.2) is 11.1 Å². The Morgan fingerprint density at radius 2 is 2.09 bits per heavy atom. The third kappa shape index (κ3) is 7.11. The lowest BCUT2D eigenvalue weighted by Gasteiger charge is -2.23. The molecule has 0 amide bonds. The van der Waals surface area contributed by atoms with E-state index in [-0.39, 0.29) is 0 Å². The minimum Gasteiger partial charge on any atom is -0.354 e. The van der Waals surface area contributed by atoms with Crippen LogP contribution in [0.4, 0.5) is 5.13 Å². The fourth-order valence-electron chi connectivity index (χ4n) is 1.91. The molecule has 0 aromatic carbocycles. The van der Waals surface area contributed by atoms with E-state index in [2.05, 4.69) is 53.7 Å². The van der Waals surface area contributed by atoms with E-state index in [1.54, 1.807) is 18.4 Å². The van der Waals surface area contributed by atoms with Crippen molar-refractivity contribution in [1.82, 2.24) is 15.6 Å². The molecule has 0 fully saturated rings. The summed E-state index contributed by atoms with van der Waals surface area (Å²) in [6.45, 7) is 9.72. The van der Waals surface area contributed by atoms with Gasteiger partial charge in [-0.25, -0.2) is 4.98 Å². The number of hydrogen-bond donors (Lipinski definition) is 2. The number of nitrogens with zero attached hydrogens (tertiary/aromatic N) is 3. The normalized spacial score (nSPS) is 13.9. The number of nitrogens with one attached hydrogen (secondary N) is 2. The van der Waals surface area contributed by atoms with Crippen LogP contribution >= 0.6 is 11.3 Å². The second kappa shape index (κ2) is 8.36. The molecule has 0 saturated carbocycles. The molecule has 0 aliphatic rings. The van der Waals surface area contributed by atoms with Gasteiger partial charge in [-0.3, -0.25) is 4.99 Å². The van der Waals surface area contributed by atoms with Crippen LogP contribution in [-0.4, -0.2) is 38.1 Å². The Labute approximate surface area is 139 Å². The van der Waals surface area contributed by atoms with Crippen molar-refractivity contribution in [2.75, 3.05) is 26.0 Å². The average molecular weight is 326 g/mol. The summed E-state index contributed by atoms with van der Waals surface area (Å²) in [5.74, 6) is 0.834. The van der Waals surface area contributed by atoms with E-state index >= 15 is 0 Å². The standard InChI is InChI=1S/C16H31N5S/c1-12(8-9-16(2,3)4)19-14(17-5)18-10-13-11-22-15(20-13)21(6)7/h11-12H,8-10H2,1-7H3,(H2,17,18,19). The van der Waals surface area contributed by atoms with E-state index in [1.807, 2.05) is 19.0 Å². The Kier molecular flexibility index (Phi) is 7.13. The maximum atomic E-state index is 4.56. The molecule has 1 atom stereocenters. The Morgan fingerprint density at radius 1 is 1.41 bits per heavy atom. The number of guanidine groups is 1. The zero-order valence-corrected chi connectivity index (χ0v) is 15.8. The van der Waals surface area contributed by atoms with Crippen molar-refractivity contribution in [3.8, 4) is 0 Å². The zero-order valence-electron chi connectivity index (χ0n) is 15.0. The Morgan fingerprint density at radius 3 is 2.59 bits per heavy atom. The maximum absolute atomic E-state index is 4.56. The summed E-state index contributed by atoms with van der Waals surface area (Å²) in [6, 6.07) is 0.401. The van der Waals surface area contributed by atoms with Crippen LogP contribution in [0.25, 0.3) is 0 Å². The van der Waals surface area contributed by atoms with Gasteiger partial charge in [0.05, 0.1) is 12.2 Å². The summed E-state index contributed by atoms with van der Waals surface area (Å²) in [5.41, 5.74) is 1.41. The summed E-state index contributed by atoms with van der Waals surface area (Å²) >= 11 is 1.66. The van der Waals surface area contributed by atoms with Crippen molar-refractivity contribution >= 4 is 22.4 Å². The lowest BCUT2D eigenvalue weighted by molar-refractivity contribution is 0.346. The van der Waals surface area contributed by atoms with E-state index in [9.17, 15) is 0 Å². The van der Waals surface area contributed by atoms with E-state index in [0.717, 1.165) is 23.2 Å². The molecular weight excluding hydrogens is 294 g/mol. The fourth-order valence-corrected chi connectivity index (χ4v) is 2.67. The molecule has 0 saturated heterocycles. The van der Waals surface area contributed by atoms with Crippen LogP contribution in [0.5, 0.6) is 0 Å². The molecule has 1 heterocycles. The van der Waals surface area contributed by atoms with Gasteiger partial charge in [-0.05, 0) is 25.2 Å². The minimum atomic E-state index is 0.371. The van der Waals surface area contributed by atoms with Gasteiger partial charge >= 0.3 is 0 Å². The van der Waals surface area contributed by atoms with Crippen LogP contribution in [0.1, 0.15) is 46.2 Å². The first kappa shape index (κ1) is 18.7. The highest BCUT2D eigenvalue weighted by Crippen LogP contribution is 2.21. The molecule has 6 heteroatoms. The van der Waals surface area contributed by atoms with Crippen LogP contribution in [-0.2, 0) is 6.54 Å². The van der Waals surface area contributed by atoms with Crippen molar-refractivity contribution in [2.24, 2.45) is 10.4 Å². The molecule has 0 bridgehead atoms. The molecule has 1 aromatic rings. The van der Waals surface area contributed by atoms with Gasteiger partial charge < -0.3 is 15.5 Å². The lowest BCUT2D eigenvalue weighted by Crippen LogP contribution is -2.42. The van der Waals surface area contributed by atoms with Crippen molar-refractivity contribution in [2.45, 2.75) is 53.1 Å². The summed E-state index contributed by atoms with van der Waals surface area (Å²) in [4.78, 5) is 10.9. The predicted molar refractivity (Wildman–Crippen MR) is 97.9 cm³/mol. The number of hydrogen-bond acceptors (Lipinski definition) is 4. The highest BCUT2D eigenvalue weighted by Gasteiger charge is 2.13. The van der Waals surface area contributed by atoms with Gasteiger partial charge in [-0.15, -0.1) is 11.3 Å². The number of thiazole rings is 1. The molecule has 1 unspecified atom stereocenters. The van der Waals surface area contributed by atoms with Crippen LogP contribution in [0.2, 0.25) is 0 Å². The van der Waals surface area contributed by atoms with Crippen molar-refractivity contribution in [1.29, 1.82) is 0 Å². The molecule has 22 heavy (non-hydrogen) atoms. The SMILES string of the molecule is CN=C(NCc1csc(N(C)C)n1)NC(C)CCC(C)(C)C. The van der Waals surface area contributed by atoms with Gasteiger partial charge in [0.1, 0.15) is 0 Å². The zero-order chi connectivity index (χ0) is 16.8. The molecule has 5 nitrogen and oxygen atoms in total. The minimum absolute atomic E-state index is 0.371. The summed E-state index contributed by atoms with van der Waals surface area (Å²) < 4.78 is 0. The van der Waals surface area contributed by atoms with Crippen LogP contribution < -0.4 is 15.5 Å². The second-order valence-corrected chi connectivity index (χ2v) is 7.92. The van der Waals surface area contributed by atoms with E-state index in [4.69, 9.17) is 0 Å². The van der Waals surface area contributed by atoms with E-state index in [0.29, 0.717) is 18.0 Å². The van der Waals surface area contributed by atoms with Gasteiger partial charge in [-0.2, -0.15) is 0 Å². The first-order valence-corrected chi connectivity index (χ1v) is 8.68. The molecule has 0 aliphatic carbocycles. The Bertz CT molecular complexity index is 473. The molecule has 1 aromatic heterocycles. The van der Waals surface area contributed by atoms with Crippen molar-refractivity contribution in [3.63, 3.8) is 0 Å². The maximum Gasteiger partial charge on any atom is 0.191 e. The average Bonchev–Trinajstić information content (AvgIpc) is 2.89. The Balaban J connectivity index is 2.41. The monoisotopic (exact) mass is 325 g/mol. The Hall–Kier alpha value is -1.30. The van der Waals surface area contributed by atoms with Crippen LogP contribution in [0, 0.1) is 5.41 Å². The van der Waals surface area contributed by atoms with Gasteiger partial charge in [0.2, 0.25) is 0 Å². The smallest absolute Gasteiger partial charge is 0.191 e. The topological polar surface area (TPSA) is 52.6 Å². The molecular formula is C16H31N5S. The van der Waals surface area contributed by atoms with Crippen LogP contribution in [0.3, 0.4) is 0 Å². The van der Waals surface area contributed by atoms with Crippen LogP contribution in [0.15, 0.2) is 10.4 Å². The number of rotatable bonds is 6.